The summed E-state index contributed by atoms with van der Waals surface area (Å²) in [6, 6.07) is -3.61. The largest absolute Gasteiger partial charge is 0.349 e. The van der Waals surface area contributed by atoms with Crippen molar-refractivity contribution in [1.82, 2.24) is 26.2 Å². The Bertz CT molecular complexity index is 1520. The van der Waals surface area contributed by atoms with Crippen molar-refractivity contribution in [3.8, 4) is 12.3 Å². The first-order chi connectivity index (χ1) is 24.2. The van der Waals surface area contributed by atoms with Gasteiger partial charge in [-0.15, -0.1) is 12.3 Å². The number of hydrogen-bond acceptors (Lipinski definition) is 7. The zero-order chi connectivity index (χ0) is 38.7. The second-order valence-electron chi connectivity index (χ2n) is 17.8. The van der Waals surface area contributed by atoms with Crippen LogP contribution >= 0.6 is 0 Å². The number of rotatable bonds is 14. The number of ketones is 1. The first-order valence-electron chi connectivity index (χ1n) is 19.4. The lowest BCUT2D eigenvalue weighted by atomic mass is 9.70. The van der Waals surface area contributed by atoms with Crippen LogP contribution in [0.25, 0.3) is 0 Å². The number of nitrogens with one attached hydrogen (secondary N) is 4. The maximum absolute atomic E-state index is 14.9. The fraction of sp³-hybridized carbons (Fsp3) is 0.821. The van der Waals surface area contributed by atoms with E-state index >= 15 is 0 Å². The first kappa shape index (κ1) is 41.6. The zero-order valence-electron chi connectivity index (χ0n) is 32.5. The predicted octanol–water partition coefficient (Wildman–Crippen LogP) is 4.02. The minimum Gasteiger partial charge on any atom is -0.349 e. The number of terminal acetylenes is 1. The molecule has 4 N–H and O–H groups in total. The van der Waals surface area contributed by atoms with Gasteiger partial charge in [-0.05, 0) is 82.0 Å². The van der Waals surface area contributed by atoms with Crippen LogP contribution in [-0.4, -0.2) is 90.1 Å². The van der Waals surface area contributed by atoms with Gasteiger partial charge in [0.2, 0.25) is 17.6 Å². The molecule has 0 aromatic heterocycles. The van der Waals surface area contributed by atoms with E-state index in [9.17, 15) is 32.4 Å². The quantitative estimate of drug-likeness (QED) is 0.154. The van der Waals surface area contributed by atoms with E-state index < -0.39 is 67.3 Å². The first-order valence-corrected chi connectivity index (χ1v) is 21.1. The van der Waals surface area contributed by atoms with Crippen LogP contribution in [0.5, 0.6) is 0 Å². The number of hydrogen-bond donors (Lipinski definition) is 4. The Balaban J connectivity index is 1.62. The van der Waals surface area contributed by atoms with Crippen LogP contribution in [0.15, 0.2) is 0 Å². The molecule has 1 aliphatic heterocycles. The molecule has 4 aliphatic rings. The lowest BCUT2D eigenvalue weighted by molar-refractivity contribution is -0.146. The van der Waals surface area contributed by atoms with Crippen LogP contribution in [0.3, 0.4) is 0 Å². The van der Waals surface area contributed by atoms with Crippen molar-refractivity contribution in [2.45, 2.75) is 160 Å². The molecule has 0 radical (unpaired) electrons. The predicted molar refractivity (Wildman–Crippen MR) is 201 cm³/mol. The molecule has 5 atom stereocenters. The summed E-state index contributed by atoms with van der Waals surface area (Å²) in [5.74, 6) is -0.289. The van der Waals surface area contributed by atoms with E-state index in [0.717, 1.165) is 38.5 Å². The Morgan fingerprint density at radius 1 is 0.923 bits per heavy atom. The molecule has 1 saturated heterocycles. The summed E-state index contributed by atoms with van der Waals surface area (Å²) in [7, 11) is -3.58. The van der Waals surface area contributed by atoms with Gasteiger partial charge in [0.15, 0.2) is 9.84 Å². The number of amides is 5. The van der Waals surface area contributed by atoms with Gasteiger partial charge in [0.05, 0.1) is 22.1 Å². The molecule has 0 aromatic rings. The topological polar surface area (TPSA) is 171 Å². The maximum Gasteiger partial charge on any atom is 0.315 e. The third-order valence-electron chi connectivity index (χ3n) is 12.5. The van der Waals surface area contributed by atoms with Gasteiger partial charge in [0.1, 0.15) is 12.1 Å². The van der Waals surface area contributed by atoms with Gasteiger partial charge in [-0.2, -0.15) is 0 Å². The lowest BCUT2D eigenvalue weighted by Crippen LogP contribution is -2.65. The fourth-order valence-electron chi connectivity index (χ4n) is 8.92. The number of piperidine rings is 1. The van der Waals surface area contributed by atoms with E-state index in [2.05, 4.69) is 41.0 Å². The second-order valence-corrected chi connectivity index (χ2v) is 20.5. The van der Waals surface area contributed by atoms with Crippen molar-refractivity contribution >= 4 is 39.4 Å². The number of carbonyl (C=O) groups is 5. The van der Waals surface area contributed by atoms with Crippen molar-refractivity contribution in [1.29, 1.82) is 0 Å². The third kappa shape index (κ3) is 8.96. The Kier molecular flexibility index (Phi) is 12.9. The molecule has 13 heteroatoms. The number of nitrogens with zero attached hydrogens (tertiary/aromatic N) is 1. The molecule has 5 amide bonds. The molecule has 0 aromatic carbocycles. The van der Waals surface area contributed by atoms with Gasteiger partial charge < -0.3 is 26.2 Å². The second kappa shape index (κ2) is 16.1. The zero-order valence-corrected chi connectivity index (χ0v) is 33.3. The maximum atomic E-state index is 14.9. The Morgan fingerprint density at radius 3 is 2.08 bits per heavy atom. The smallest absolute Gasteiger partial charge is 0.315 e. The minimum atomic E-state index is -3.58. The standard InChI is InChI=1S/C39H63N5O7S/c1-9-11-18-27(30(45)33(47)40-23-10-2)41-32(46)29-28-26(37(28,6)7)24-44(29)34(48)31(38(8)19-14-12-15-20-38)42-35(49)43-39(21-16-13-17-22-39)25-52(50,51)36(3,4)5/h1,26-29,31H,10-25H2,2-8H3,(H,40,47)(H,41,46)(H2,42,43,49)/t26?,27?,28?,29-,31+/m0/s1. The summed E-state index contributed by atoms with van der Waals surface area (Å²) in [5.41, 5.74) is -1.78. The average molecular weight is 746 g/mol. The normalized spacial score (nSPS) is 25.7. The third-order valence-corrected chi connectivity index (χ3v) is 15.3. The monoisotopic (exact) mass is 745 g/mol. The van der Waals surface area contributed by atoms with Gasteiger partial charge >= 0.3 is 6.03 Å². The summed E-state index contributed by atoms with van der Waals surface area (Å²) < 4.78 is 25.9. The summed E-state index contributed by atoms with van der Waals surface area (Å²) in [6.45, 7) is 13.6. The van der Waals surface area contributed by atoms with E-state index in [1.54, 1.807) is 25.7 Å². The van der Waals surface area contributed by atoms with Gasteiger partial charge in [-0.1, -0.05) is 66.2 Å². The van der Waals surface area contributed by atoms with Crippen molar-refractivity contribution in [3.05, 3.63) is 0 Å². The molecule has 3 saturated carbocycles. The highest BCUT2D eigenvalue weighted by Gasteiger charge is 2.70. The molecule has 4 fully saturated rings. The van der Waals surface area contributed by atoms with E-state index in [4.69, 9.17) is 6.42 Å². The summed E-state index contributed by atoms with van der Waals surface area (Å²) in [4.78, 5) is 70.6. The van der Waals surface area contributed by atoms with Crippen molar-refractivity contribution < 1.29 is 32.4 Å². The van der Waals surface area contributed by atoms with Crippen LogP contribution in [0.2, 0.25) is 0 Å². The van der Waals surface area contributed by atoms with Crippen molar-refractivity contribution in [3.63, 3.8) is 0 Å². The van der Waals surface area contributed by atoms with Gasteiger partial charge in [0, 0.05) is 19.5 Å². The highest BCUT2D eigenvalue weighted by Crippen LogP contribution is 2.65. The molecule has 3 aliphatic carbocycles. The molecule has 1 heterocycles. The van der Waals surface area contributed by atoms with Gasteiger partial charge in [0.25, 0.3) is 5.91 Å². The molecule has 12 nitrogen and oxygen atoms in total. The molecule has 292 valence electrons. The number of likely N-dealkylation sites (tertiary alicyclic amines) is 1. The summed E-state index contributed by atoms with van der Waals surface area (Å²) >= 11 is 0. The number of urea groups is 1. The van der Waals surface area contributed by atoms with E-state index in [-0.39, 0.29) is 41.8 Å². The Hall–Kier alpha value is -3.14. The van der Waals surface area contributed by atoms with Crippen molar-refractivity contribution in [2.24, 2.45) is 22.7 Å². The summed E-state index contributed by atoms with van der Waals surface area (Å²) in [6.07, 6.45) is 14.1. The van der Waals surface area contributed by atoms with Crippen LogP contribution in [0.1, 0.15) is 132 Å². The van der Waals surface area contributed by atoms with E-state index in [0.29, 0.717) is 45.2 Å². The van der Waals surface area contributed by atoms with Gasteiger partial charge in [-0.25, -0.2) is 13.2 Å². The number of Topliss-reactive ketones (excluding diaryl/α,β-unsaturated/α-hetero) is 1. The van der Waals surface area contributed by atoms with Crippen molar-refractivity contribution in [2.75, 3.05) is 18.8 Å². The highest BCUT2D eigenvalue weighted by atomic mass is 32.2. The Labute approximate surface area is 311 Å². The molecular weight excluding hydrogens is 683 g/mol. The van der Waals surface area contributed by atoms with Crippen LogP contribution in [0, 0.1) is 35.0 Å². The van der Waals surface area contributed by atoms with E-state index in [1.165, 1.54) is 0 Å². The van der Waals surface area contributed by atoms with Crippen LogP contribution in [0.4, 0.5) is 4.79 Å². The molecule has 0 bridgehead atoms. The van der Waals surface area contributed by atoms with Crippen LogP contribution in [-0.2, 0) is 29.0 Å². The Morgan fingerprint density at radius 2 is 1.52 bits per heavy atom. The molecule has 52 heavy (non-hydrogen) atoms. The highest BCUT2D eigenvalue weighted by molar-refractivity contribution is 7.92. The lowest BCUT2D eigenvalue weighted by Gasteiger charge is -2.44. The number of carbonyl (C=O) groups excluding carboxylic acids is 5. The fourth-order valence-corrected chi connectivity index (χ4v) is 10.4. The number of fused-ring (bicyclic) bond motifs is 1. The van der Waals surface area contributed by atoms with Gasteiger partial charge in [-0.3, -0.25) is 19.2 Å². The van der Waals surface area contributed by atoms with E-state index in [1.807, 2.05) is 13.8 Å². The minimum absolute atomic E-state index is 0.0432. The molecule has 3 unspecified atom stereocenters. The van der Waals surface area contributed by atoms with Crippen LogP contribution < -0.4 is 21.3 Å². The SMILES string of the molecule is C#CCCC(NC(=O)[C@@H]1C2C(CN1C(=O)[C@@H](NC(=O)NC1(CS(=O)(=O)C(C)(C)C)CCCCC1)C1(C)CCCCC1)C2(C)C)C(=O)C(=O)NCCC. The number of sulfone groups is 1. The average Bonchev–Trinajstić information content (AvgIpc) is 3.37. The molecular formula is C39H63N5O7S. The molecule has 0 spiro atoms. The molecule has 4 rings (SSSR count). The summed E-state index contributed by atoms with van der Waals surface area (Å²) in [5, 5.41) is 11.5.